The molecule has 1 aromatic heterocycles. The predicted molar refractivity (Wildman–Crippen MR) is 94.5 cm³/mol. The molecule has 0 aliphatic heterocycles. The SMILES string of the molecule is CCN(CC)c1ccc(CNCc2ccco2)cc1.O=C(O)C(=O)O. The van der Waals surface area contributed by atoms with Crippen molar-refractivity contribution in [3.05, 3.63) is 54.0 Å². The Bertz CT molecular complexity index is 622. The van der Waals surface area contributed by atoms with Gasteiger partial charge in [-0.3, -0.25) is 0 Å². The summed E-state index contributed by atoms with van der Waals surface area (Å²) in [6.07, 6.45) is 1.70. The number of rotatable bonds is 7. The zero-order chi connectivity index (χ0) is 18.7. The number of hydrogen-bond acceptors (Lipinski definition) is 5. The van der Waals surface area contributed by atoms with Gasteiger partial charge >= 0.3 is 11.9 Å². The van der Waals surface area contributed by atoms with E-state index in [4.69, 9.17) is 24.2 Å². The van der Waals surface area contributed by atoms with E-state index in [0.717, 1.165) is 31.9 Å². The van der Waals surface area contributed by atoms with Crippen molar-refractivity contribution in [1.29, 1.82) is 0 Å². The maximum Gasteiger partial charge on any atom is 0.414 e. The zero-order valence-electron chi connectivity index (χ0n) is 14.4. The summed E-state index contributed by atoms with van der Waals surface area (Å²) < 4.78 is 5.28. The largest absolute Gasteiger partial charge is 0.473 e. The summed E-state index contributed by atoms with van der Waals surface area (Å²) in [7, 11) is 0. The molecule has 2 aromatic rings. The van der Waals surface area contributed by atoms with Crippen molar-refractivity contribution in [2.24, 2.45) is 0 Å². The van der Waals surface area contributed by atoms with Gasteiger partial charge in [0.2, 0.25) is 0 Å². The molecule has 1 heterocycles. The Hall–Kier alpha value is -2.80. The number of benzene rings is 1. The van der Waals surface area contributed by atoms with Gasteiger partial charge in [-0.2, -0.15) is 0 Å². The lowest BCUT2D eigenvalue weighted by Gasteiger charge is -2.21. The van der Waals surface area contributed by atoms with E-state index in [0.29, 0.717) is 0 Å². The monoisotopic (exact) mass is 348 g/mol. The molecule has 0 amide bonds. The number of aliphatic carboxylic acids is 2. The Balaban J connectivity index is 0.000000450. The minimum Gasteiger partial charge on any atom is -0.473 e. The van der Waals surface area contributed by atoms with Crippen LogP contribution in [0.4, 0.5) is 5.69 Å². The minimum absolute atomic E-state index is 0.769. The van der Waals surface area contributed by atoms with Crippen LogP contribution < -0.4 is 10.2 Å². The van der Waals surface area contributed by atoms with E-state index in [2.05, 4.69) is 48.3 Å². The Kier molecular flexibility index (Phi) is 8.81. The van der Waals surface area contributed by atoms with Gasteiger partial charge in [-0.1, -0.05) is 12.1 Å². The zero-order valence-corrected chi connectivity index (χ0v) is 14.4. The van der Waals surface area contributed by atoms with Gasteiger partial charge in [0.15, 0.2) is 0 Å². The molecule has 25 heavy (non-hydrogen) atoms. The second kappa shape index (κ2) is 10.9. The molecule has 7 heteroatoms. The highest BCUT2D eigenvalue weighted by Crippen LogP contribution is 2.14. The molecule has 1 aromatic carbocycles. The van der Waals surface area contributed by atoms with Gasteiger partial charge in [-0.05, 0) is 43.7 Å². The first-order chi connectivity index (χ1) is 12.0. The molecule has 3 N–H and O–H groups in total. The molecule has 0 aliphatic rings. The summed E-state index contributed by atoms with van der Waals surface area (Å²) in [5.74, 6) is -2.68. The van der Waals surface area contributed by atoms with E-state index in [1.54, 1.807) is 6.26 Å². The number of nitrogens with one attached hydrogen (secondary N) is 1. The molecule has 7 nitrogen and oxygen atoms in total. The van der Waals surface area contributed by atoms with E-state index in [-0.39, 0.29) is 0 Å². The molecule has 0 atom stereocenters. The number of carboxylic acid groups (broad SMARTS) is 2. The van der Waals surface area contributed by atoms with Crippen LogP contribution in [0.15, 0.2) is 47.1 Å². The summed E-state index contributed by atoms with van der Waals surface area (Å²) in [5, 5.41) is 18.2. The van der Waals surface area contributed by atoms with E-state index in [9.17, 15) is 0 Å². The van der Waals surface area contributed by atoms with Crippen molar-refractivity contribution >= 4 is 17.6 Å². The molecule has 0 aliphatic carbocycles. The third-order valence-corrected chi connectivity index (χ3v) is 3.46. The van der Waals surface area contributed by atoms with Crippen LogP contribution in [0.1, 0.15) is 25.2 Å². The molecular formula is C18H24N2O5. The molecule has 0 fully saturated rings. The number of anilines is 1. The third-order valence-electron chi connectivity index (χ3n) is 3.46. The van der Waals surface area contributed by atoms with E-state index in [1.807, 2.05) is 12.1 Å². The van der Waals surface area contributed by atoms with Gasteiger partial charge < -0.3 is 24.8 Å². The molecule has 0 saturated carbocycles. The summed E-state index contributed by atoms with van der Waals surface area (Å²) in [5.41, 5.74) is 2.59. The van der Waals surface area contributed by atoms with Crippen molar-refractivity contribution < 1.29 is 24.2 Å². The molecule has 136 valence electrons. The van der Waals surface area contributed by atoms with Crippen LogP contribution in [0.2, 0.25) is 0 Å². The second-order valence-electron chi connectivity index (χ2n) is 5.13. The fraction of sp³-hybridized carbons (Fsp3) is 0.333. The van der Waals surface area contributed by atoms with Crippen LogP contribution in [0.3, 0.4) is 0 Å². The number of nitrogens with zero attached hydrogens (tertiary/aromatic N) is 1. The highest BCUT2D eigenvalue weighted by Gasteiger charge is 2.04. The summed E-state index contributed by atoms with van der Waals surface area (Å²) in [6, 6.07) is 12.6. The highest BCUT2D eigenvalue weighted by atomic mass is 16.4. The molecule has 0 saturated heterocycles. The minimum atomic E-state index is -1.82. The Labute approximate surface area is 146 Å². The normalized spacial score (nSPS) is 9.84. The smallest absolute Gasteiger partial charge is 0.414 e. The van der Waals surface area contributed by atoms with Crippen LogP contribution in [-0.4, -0.2) is 35.2 Å². The fourth-order valence-corrected chi connectivity index (χ4v) is 2.16. The molecule has 0 bridgehead atoms. The fourth-order valence-electron chi connectivity index (χ4n) is 2.16. The molecule has 0 unspecified atom stereocenters. The van der Waals surface area contributed by atoms with Gasteiger partial charge in [0.25, 0.3) is 0 Å². The summed E-state index contributed by atoms with van der Waals surface area (Å²) in [6.45, 7) is 8.09. The van der Waals surface area contributed by atoms with Crippen molar-refractivity contribution in [2.45, 2.75) is 26.9 Å². The maximum atomic E-state index is 9.10. The Morgan fingerprint density at radius 2 is 1.60 bits per heavy atom. The van der Waals surface area contributed by atoms with Gasteiger partial charge in [-0.25, -0.2) is 9.59 Å². The van der Waals surface area contributed by atoms with Crippen LogP contribution in [0.25, 0.3) is 0 Å². The second-order valence-corrected chi connectivity index (χ2v) is 5.13. The number of hydrogen-bond donors (Lipinski definition) is 3. The Morgan fingerprint density at radius 1 is 1.00 bits per heavy atom. The molecule has 2 rings (SSSR count). The average Bonchev–Trinajstić information content (AvgIpc) is 3.11. The van der Waals surface area contributed by atoms with Crippen LogP contribution in [0.5, 0.6) is 0 Å². The van der Waals surface area contributed by atoms with Crippen LogP contribution >= 0.6 is 0 Å². The van der Waals surface area contributed by atoms with Crippen molar-refractivity contribution in [1.82, 2.24) is 5.32 Å². The first-order valence-corrected chi connectivity index (χ1v) is 8.01. The first kappa shape index (κ1) is 20.2. The molecular weight excluding hydrogens is 324 g/mol. The van der Waals surface area contributed by atoms with Gasteiger partial charge in [0.1, 0.15) is 5.76 Å². The summed E-state index contributed by atoms with van der Waals surface area (Å²) >= 11 is 0. The van der Waals surface area contributed by atoms with Crippen molar-refractivity contribution in [2.75, 3.05) is 18.0 Å². The van der Waals surface area contributed by atoms with Gasteiger partial charge in [0, 0.05) is 25.3 Å². The topological polar surface area (TPSA) is 103 Å². The third kappa shape index (κ3) is 7.54. The van der Waals surface area contributed by atoms with Crippen molar-refractivity contribution in [3.63, 3.8) is 0 Å². The molecule has 0 radical (unpaired) electrons. The quantitative estimate of drug-likeness (QED) is 0.661. The number of carbonyl (C=O) groups is 2. The lowest BCUT2D eigenvalue weighted by molar-refractivity contribution is -0.159. The maximum absolute atomic E-state index is 9.10. The van der Waals surface area contributed by atoms with E-state index in [1.165, 1.54) is 11.3 Å². The average molecular weight is 348 g/mol. The lowest BCUT2D eigenvalue weighted by atomic mass is 10.2. The number of carboxylic acids is 2. The Morgan fingerprint density at radius 3 is 2.04 bits per heavy atom. The number of furan rings is 1. The van der Waals surface area contributed by atoms with E-state index >= 15 is 0 Å². The van der Waals surface area contributed by atoms with Gasteiger partial charge in [-0.15, -0.1) is 0 Å². The standard InChI is InChI=1S/C16H22N2O.C2H2O4/c1-3-18(4-2)15-9-7-14(8-10-15)12-17-13-16-6-5-11-19-16;3-1(4)2(5)6/h5-11,17H,3-4,12-13H2,1-2H3;(H,3,4)(H,5,6). The van der Waals surface area contributed by atoms with Crippen LogP contribution in [-0.2, 0) is 22.7 Å². The van der Waals surface area contributed by atoms with Crippen LogP contribution in [0, 0.1) is 0 Å². The first-order valence-electron chi connectivity index (χ1n) is 8.01. The lowest BCUT2D eigenvalue weighted by Crippen LogP contribution is -2.21. The van der Waals surface area contributed by atoms with Gasteiger partial charge in [0.05, 0.1) is 12.8 Å². The molecule has 0 spiro atoms. The highest BCUT2D eigenvalue weighted by molar-refractivity contribution is 6.27. The predicted octanol–water partition coefficient (Wildman–Crippen LogP) is 2.57. The summed E-state index contributed by atoms with van der Waals surface area (Å²) in [4.78, 5) is 20.5. The van der Waals surface area contributed by atoms with Crippen molar-refractivity contribution in [3.8, 4) is 0 Å². The van der Waals surface area contributed by atoms with E-state index < -0.39 is 11.9 Å².